The zero-order valence-corrected chi connectivity index (χ0v) is 14.4. The summed E-state index contributed by atoms with van der Waals surface area (Å²) in [6.45, 7) is 1.24. The Morgan fingerprint density at radius 3 is 2.72 bits per heavy atom. The average Bonchev–Trinajstić information content (AvgIpc) is 3.14. The Balaban J connectivity index is 1.82. The highest BCUT2D eigenvalue weighted by molar-refractivity contribution is 5.96. The monoisotopic (exact) mass is 339 g/mol. The number of nitrogens with one attached hydrogen (secondary N) is 1. The minimum absolute atomic E-state index is 0.0651. The topological polar surface area (TPSA) is 71.5 Å². The Kier molecular flexibility index (Phi) is 5.09. The molecule has 2 aromatic rings. The molecule has 0 bridgehead atoms. The summed E-state index contributed by atoms with van der Waals surface area (Å²) in [5.41, 5.74) is 2.39. The van der Waals surface area contributed by atoms with Crippen LogP contribution in [0.25, 0.3) is 11.3 Å². The van der Waals surface area contributed by atoms with E-state index in [1.54, 1.807) is 38.4 Å². The summed E-state index contributed by atoms with van der Waals surface area (Å²) < 4.78 is 5.28. The average molecular weight is 339 g/mol. The van der Waals surface area contributed by atoms with Gasteiger partial charge < -0.3 is 15.0 Å². The van der Waals surface area contributed by atoms with Crippen LogP contribution < -0.4 is 5.32 Å². The Labute approximate surface area is 146 Å². The van der Waals surface area contributed by atoms with E-state index in [1.807, 2.05) is 18.2 Å². The highest BCUT2D eigenvalue weighted by atomic mass is 16.5. The van der Waals surface area contributed by atoms with Crippen LogP contribution in [0.15, 0.2) is 42.5 Å². The molecule has 0 spiro atoms. The number of ether oxygens (including phenoxy) is 1. The van der Waals surface area contributed by atoms with E-state index in [9.17, 15) is 9.59 Å². The third kappa shape index (κ3) is 4.03. The van der Waals surface area contributed by atoms with Gasteiger partial charge in [0.1, 0.15) is 5.69 Å². The van der Waals surface area contributed by atoms with Gasteiger partial charge in [-0.3, -0.25) is 9.59 Å². The largest absolute Gasteiger partial charge is 0.379 e. The number of benzene rings is 1. The molecule has 1 aliphatic heterocycles. The van der Waals surface area contributed by atoms with Gasteiger partial charge in [0.15, 0.2) is 0 Å². The standard InChI is InChI=1S/C19H21N3O3/c1-22(2)19(24)17-8-4-7-16(21-17)13-5-3-6-14(11-13)18(23)20-15-9-10-25-12-15/h3-8,11,15H,9-10,12H2,1-2H3,(H,20,23). The van der Waals surface area contributed by atoms with Gasteiger partial charge in [-0.25, -0.2) is 4.98 Å². The second-order valence-electron chi connectivity index (χ2n) is 6.22. The third-order valence-electron chi connectivity index (χ3n) is 4.06. The minimum atomic E-state index is -0.156. The third-order valence-corrected chi connectivity index (χ3v) is 4.06. The number of pyridine rings is 1. The fourth-order valence-corrected chi connectivity index (χ4v) is 2.68. The number of carbonyl (C=O) groups excluding carboxylic acids is 2. The molecular formula is C19H21N3O3. The van der Waals surface area contributed by atoms with Crippen LogP contribution in [0.1, 0.15) is 27.3 Å². The van der Waals surface area contributed by atoms with Gasteiger partial charge in [-0.05, 0) is 30.7 Å². The summed E-state index contributed by atoms with van der Waals surface area (Å²) >= 11 is 0. The van der Waals surface area contributed by atoms with Gasteiger partial charge in [0.2, 0.25) is 0 Å². The molecule has 0 saturated carbocycles. The van der Waals surface area contributed by atoms with Crippen molar-refractivity contribution in [1.82, 2.24) is 15.2 Å². The molecule has 6 nitrogen and oxygen atoms in total. The van der Waals surface area contributed by atoms with Crippen molar-refractivity contribution in [3.63, 3.8) is 0 Å². The van der Waals surface area contributed by atoms with Crippen LogP contribution in [0.2, 0.25) is 0 Å². The lowest BCUT2D eigenvalue weighted by molar-refractivity contribution is 0.0821. The zero-order valence-electron chi connectivity index (χ0n) is 14.4. The van der Waals surface area contributed by atoms with Crippen molar-refractivity contribution < 1.29 is 14.3 Å². The van der Waals surface area contributed by atoms with Crippen LogP contribution in [0.3, 0.4) is 0 Å². The highest BCUT2D eigenvalue weighted by Gasteiger charge is 2.19. The van der Waals surface area contributed by atoms with E-state index < -0.39 is 0 Å². The summed E-state index contributed by atoms with van der Waals surface area (Å²) in [7, 11) is 3.38. The minimum Gasteiger partial charge on any atom is -0.379 e. The fraction of sp³-hybridized carbons (Fsp3) is 0.316. The summed E-state index contributed by atoms with van der Waals surface area (Å²) in [6, 6.07) is 12.6. The zero-order chi connectivity index (χ0) is 17.8. The lowest BCUT2D eigenvalue weighted by atomic mass is 10.1. The molecular weight excluding hydrogens is 318 g/mol. The highest BCUT2D eigenvalue weighted by Crippen LogP contribution is 2.19. The predicted octanol–water partition coefficient (Wildman–Crippen LogP) is 1.97. The van der Waals surface area contributed by atoms with Crippen molar-refractivity contribution in [2.24, 2.45) is 0 Å². The first kappa shape index (κ1) is 17.1. The number of carbonyl (C=O) groups is 2. The molecule has 1 saturated heterocycles. The second-order valence-corrected chi connectivity index (χ2v) is 6.22. The molecule has 0 aliphatic carbocycles. The maximum atomic E-state index is 12.4. The number of aromatic nitrogens is 1. The van der Waals surface area contributed by atoms with Crippen LogP contribution in [0.5, 0.6) is 0 Å². The number of amides is 2. The molecule has 1 aliphatic rings. The second kappa shape index (κ2) is 7.44. The Morgan fingerprint density at radius 1 is 1.20 bits per heavy atom. The molecule has 1 unspecified atom stereocenters. The van der Waals surface area contributed by atoms with Crippen LogP contribution in [0, 0.1) is 0 Å². The smallest absolute Gasteiger partial charge is 0.271 e. The lowest BCUT2D eigenvalue weighted by Gasteiger charge is -2.12. The van der Waals surface area contributed by atoms with Gasteiger partial charge in [0.25, 0.3) is 11.8 Å². The van der Waals surface area contributed by atoms with Crippen molar-refractivity contribution in [3.8, 4) is 11.3 Å². The van der Waals surface area contributed by atoms with Crippen LogP contribution in [0.4, 0.5) is 0 Å². The van der Waals surface area contributed by atoms with E-state index in [4.69, 9.17) is 4.74 Å². The van der Waals surface area contributed by atoms with E-state index in [0.717, 1.165) is 12.0 Å². The normalized spacial score (nSPS) is 16.5. The van der Waals surface area contributed by atoms with Gasteiger partial charge in [-0.2, -0.15) is 0 Å². The predicted molar refractivity (Wildman–Crippen MR) is 94.4 cm³/mol. The van der Waals surface area contributed by atoms with Crippen LogP contribution in [-0.2, 0) is 4.74 Å². The number of hydrogen-bond donors (Lipinski definition) is 1. The SMILES string of the molecule is CN(C)C(=O)c1cccc(-c2cccc(C(=O)NC3CCOC3)c2)n1. The lowest BCUT2D eigenvalue weighted by Crippen LogP contribution is -2.34. The molecule has 2 heterocycles. The maximum Gasteiger partial charge on any atom is 0.271 e. The molecule has 3 rings (SSSR count). The van der Waals surface area contributed by atoms with E-state index in [1.165, 1.54) is 4.90 Å². The van der Waals surface area contributed by atoms with Crippen LogP contribution >= 0.6 is 0 Å². The van der Waals surface area contributed by atoms with Gasteiger partial charge >= 0.3 is 0 Å². The van der Waals surface area contributed by atoms with Crippen molar-refractivity contribution in [1.29, 1.82) is 0 Å². The first-order valence-electron chi connectivity index (χ1n) is 8.22. The van der Waals surface area contributed by atoms with E-state index in [0.29, 0.717) is 30.2 Å². The van der Waals surface area contributed by atoms with Crippen molar-refractivity contribution in [2.45, 2.75) is 12.5 Å². The summed E-state index contributed by atoms with van der Waals surface area (Å²) in [6.07, 6.45) is 0.835. The molecule has 6 heteroatoms. The van der Waals surface area contributed by atoms with Crippen molar-refractivity contribution >= 4 is 11.8 Å². The number of rotatable bonds is 4. The number of nitrogens with zero attached hydrogens (tertiary/aromatic N) is 2. The molecule has 0 radical (unpaired) electrons. The van der Waals surface area contributed by atoms with E-state index in [2.05, 4.69) is 10.3 Å². The van der Waals surface area contributed by atoms with Gasteiger partial charge in [-0.15, -0.1) is 0 Å². The van der Waals surface area contributed by atoms with Crippen LogP contribution in [-0.4, -0.2) is 55.0 Å². The molecule has 1 fully saturated rings. The summed E-state index contributed by atoms with van der Waals surface area (Å²) in [5, 5.41) is 2.97. The van der Waals surface area contributed by atoms with Crippen molar-refractivity contribution in [3.05, 3.63) is 53.7 Å². The summed E-state index contributed by atoms with van der Waals surface area (Å²) in [4.78, 5) is 30.4. The Bertz CT molecular complexity index is 783. The van der Waals surface area contributed by atoms with E-state index >= 15 is 0 Å². The van der Waals surface area contributed by atoms with Gasteiger partial charge in [0, 0.05) is 31.8 Å². The fourth-order valence-electron chi connectivity index (χ4n) is 2.68. The quantitative estimate of drug-likeness (QED) is 0.924. The summed E-state index contributed by atoms with van der Waals surface area (Å²) in [5.74, 6) is -0.283. The molecule has 1 N–H and O–H groups in total. The Morgan fingerprint density at radius 2 is 2.00 bits per heavy atom. The maximum absolute atomic E-state index is 12.4. The number of hydrogen-bond acceptors (Lipinski definition) is 4. The van der Waals surface area contributed by atoms with Crippen molar-refractivity contribution in [2.75, 3.05) is 27.3 Å². The Hall–Kier alpha value is -2.73. The first-order chi connectivity index (χ1) is 12.0. The van der Waals surface area contributed by atoms with Gasteiger partial charge in [-0.1, -0.05) is 18.2 Å². The molecule has 1 aromatic carbocycles. The van der Waals surface area contributed by atoms with Gasteiger partial charge in [0.05, 0.1) is 18.3 Å². The molecule has 1 aromatic heterocycles. The molecule has 25 heavy (non-hydrogen) atoms. The molecule has 2 amide bonds. The molecule has 1 atom stereocenters. The first-order valence-corrected chi connectivity index (χ1v) is 8.22. The molecule has 130 valence electrons. The van der Waals surface area contributed by atoms with E-state index in [-0.39, 0.29) is 17.9 Å².